The minimum atomic E-state index is -1.15. The first kappa shape index (κ1) is 18.3. The van der Waals surface area contributed by atoms with Crippen molar-refractivity contribution in [3.8, 4) is 5.75 Å². The van der Waals surface area contributed by atoms with Crippen LogP contribution >= 0.6 is 0 Å². The van der Waals surface area contributed by atoms with Crippen LogP contribution in [0.1, 0.15) is 38.0 Å². The number of nitrogens with one attached hydrogen (secondary N) is 1. The van der Waals surface area contributed by atoms with Crippen molar-refractivity contribution in [2.45, 2.75) is 45.5 Å². The molecule has 0 fully saturated rings. The molecule has 0 saturated carbocycles. The zero-order valence-corrected chi connectivity index (χ0v) is 13.7. The van der Waals surface area contributed by atoms with Crippen LogP contribution in [0.25, 0.3) is 0 Å². The fraction of sp³-hybridized carbons (Fsp3) is 0.562. The molecule has 0 aliphatic carbocycles. The minimum Gasteiger partial charge on any atom is -0.496 e. The van der Waals surface area contributed by atoms with Crippen LogP contribution in [0.2, 0.25) is 0 Å². The first-order valence-electron chi connectivity index (χ1n) is 7.11. The minimum absolute atomic E-state index is 0.119. The van der Waals surface area contributed by atoms with Gasteiger partial charge in [-0.05, 0) is 44.9 Å². The van der Waals surface area contributed by atoms with Gasteiger partial charge in [0, 0.05) is 6.54 Å². The van der Waals surface area contributed by atoms with Gasteiger partial charge in [-0.25, -0.2) is 4.79 Å². The molecule has 0 heterocycles. The molecular weight excluding hydrogens is 286 g/mol. The number of benzene rings is 1. The zero-order valence-electron chi connectivity index (χ0n) is 13.7. The molecule has 6 heteroatoms. The Morgan fingerprint density at radius 2 is 1.95 bits per heavy atom. The quantitative estimate of drug-likeness (QED) is 0.773. The summed E-state index contributed by atoms with van der Waals surface area (Å²) in [7, 11) is 1.54. The van der Waals surface area contributed by atoms with Crippen molar-refractivity contribution in [3.05, 3.63) is 29.3 Å². The largest absolute Gasteiger partial charge is 0.496 e. The summed E-state index contributed by atoms with van der Waals surface area (Å²) < 4.78 is 10.2. The van der Waals surface area contributed by atoms with Crippen molar-refractivity contribution < 1.29 is 24.5 Å². The predicted octanol–water partition coefficient (Wildman–Crippen LogP) is 1.92. The van der Waals surface area contributed by atoms with Crippen LogP contribution in [0.3, 0.4) is 0 Å². The molecule has 0 bridgehead atoms. The van der Waals surface area contributed by atoms with Crippen LogP contribution in [-0.4, -0.2) is 41.7 Å². The highest BCUT2D eigenvalue weighted by molar-refractivity contribution is 5.67. The van der Waals surface area contributed by atoms with Gasteiger partial charge in [0.2, 0.25) is 0 Å². The Kier molecular flexibility index (Phi) is 6.20. The van der Waals surface area contributed by atoms with Crippen molar-refractivity contribution in [2.24, 2.45) is 0 Å². The third-order valence-electron chi connectivity index (χ3n) is 2.99. The van der Waals surface area contributed by atoms with Gasteiger partial charge in [-0.1, -0.05) is 12.1 Å². The van der Waals surface area contributed by atoms with Gasteiger partial charge in [0.15, 0.2) is 0 Å². The highest BCUT2D eigenvalue weighted by Crippen LogP contribution is 2.24. The molecule has 0 aromatic heterocycles. The van der Waals surface area contributed by atoms with Crippen LogP contribution in [0.5, 0.6) is 5.75 Å². The number of alkyl carbamates (subject to hydrolysis) is 1. The number of carbonyl (C=O) groups is 1. The predicted molar refractivity (Wildman–Crippen MR) is 82.9 cm³/mol. The maximum absolute atomic E-state index is 11.5. The van der Waals surface area contributed by atoms with Gasteiger partial charge >= 0.3 is 6.09 Å². The third-order valence-corrected chi connectivity index (χ3v) is 2.99. The molecule has 124 valence electrons. The molecule has 1 amide bonds. The first-order valence-corrected chi connectivity index (χ1v) is 7.11. The van der Waals surface area contributed by atoms with E-state index in [1.807, 2.05) is 6.92 Å². The SMILES string of the molecule is COc1cc(C(O)C(O)CNC(=O)OC(C)(C)C)ccc1C. The topological polar surface area (TPSA) is 88.0 Å². The number of amides is 1. The monoisotopic (exact) mass is 311 g/mol. The summed E-state index contributed by atoms with van der Waals surface area (Å²) in [5, 5.41) is 22.6. The summed E-state index contributed by atoms with van der Waals surface area (Å²) in [6, 6.07) is 5.17. The molecule has 0 spiro atoms. The number of rotatable bonds is 5. The van der Waals surface area contributed by atoms with Gasteiger partial charge in [-0.2, -0.15) is 0 Å². The lowest BCUT2D eigenvalue weighted by Crippen LogP contribution is -2.38. The van der Waals surface area contributed by atoms with E-state index in [0.717, 1.165) is 5.56 Å². The van der Waals surface area contributed by atoms with E-state index < -0.39 is 23.9 Å². The number of methoxy groups -OCH3 is 1. The first-order chi connectivity index (χ1) is 10.1. The second kappa shape index (κ2) is 7.47. The Morgan fingerprint density at radius 1 is 1.32 bits per heavy atom. The Bertz CT molecular complexity index is 510. The van der Waals surface area contributed by atoms with Crippen LogP contribution in [0.4, 0.5) is 4.79 Å². The summed E-state index contributed by atoms with van der Waals surface area (Å²) in [4.78, 5) is 11.5. The average molecular weight is 311 g/mol. The van der Waals surface area contributed by atoms with Gasteiger partial charge in [0.05, 0.1) is 7.11 Å². The van der Waals surface area contributed by atoms with Gasteiger partial charge in [0.1, 0.15) is 23.6 Å². The lowest BCUT2D eigenvalue weighted by atomic mass is 10.0. The van der Waals surface area contributed by atoms with Crippen molar-refractivity contribution >= 4 is 6.09 Å². The molecule has 6 nitrogen and oxygen atoms in total. The Hall–Kier alpha value is -1.79. The highest BCUT2D eigenvalue weighted by Gasteiger charge is 2.22. The molecule has 0 aliphatic heterocycles. The zero-order chi connectivity index (χ0) is 16.9. The van der Waals surface area contributed by atoms with E-state index in [0.29, 0.717) is 11.3 Å². The number of hydrogen-bond donors (Lipinski definition) is 3. The number of aryl methyl sites for hydroxylation is 1. The summed E-state index contributed by atoms with van der Waals surface area (Å²) >= 11 is 0. The van der Waals surface area contributed by atoms with E-state index in [1.54, 1.807) is 46.1 Å². The lowest BCUT2D eigenvalue weighted by molar-refractivity contribution is 0.0128. The standard InChI is InChI=1S/C16H25NO5/c1-10-6-7-11(8-13(10)21-5)14(19)12(18)9-17-15(20)22-16(2,3)4/h6-8,12,14,18-19H,9H2,1-5H3,(H,17,20). The van der Waals surface area contributed by atoms with Gasteiger partial charge in [-0.3, -0.25) is 0 Å². The summed E-state index contributed by atoms with van der Waals surface area (Å²) in [6.07, 6.45) is -2.93. The molecule has 0 radical (unpaired) electrons. The van der Waals surface area contributed by atoms with Crippen LogP contribution in [0, 0.1) is 6.92 Å². The third kappa shape index (κ3) is 5.54. The van der Waals surface area contributed by atoms with Crippen molar-refractivity contribution in [1.82, 2.24) is 5.32 Å². The lowest BCUT2D eigenvalue weighted by Gasteiger charge is -2.22. The molecular formula is C16H25NO5. The van der Waals surface area contributed by atoms with Crippen molar-refractivity contribution in [3.63, 3.8) is 0 Å². The second-order valence-electron chi connectivity index (χ2n) is 6.12. The van der Waals surface area contributed by atoms with E-state index in [-0.39, 0.29) is 6.54 Å². The molecule has 1 aromatic carbocycles. The molecule has 2 atom stereocenters. The van der Waals surface area contributed by atoms with Crippen molar-refractivity contribution in [1.29, 1.82) is 0 Å². The van der Waals surface area contributed by atoms with Gasteiger partial charge in [-0.15, -0.1) is 0 Å². The Labute approximate surface area is 131 Å². The van der Waals surface area contributed by atoms with Crippen LogP contribution in [0.15, 0.2) is 18.2 Å². The van der Waals surface area contributed by atoms with Crippen LogP contribution in [-0.2, 0) is 4.74 Å². The second-order valence-corrected chi connectivity index (χ2v) is 6.12. The smallest absolute Gasteiger partial charge is 0.407 e. The molecule has 1 rings (SSSR count). The summed E-state index contributed by atoms with van der Waals surface area (Å²) in [5.41, 5.74) is 0.832. The van der Waals surface area contributed by atoms with E-state index in [9.17, 15) is 15.0 Å². The maximum atomic E-state index is 11.5. The number of aliphatic hydroxyl groups excluding tert-OH is 2. The normalized spacial score (nSPS) is 14.1. The number of aliphatic hydroxyl groups is 2. The van der Waals surface area contributed by atoms with E-state index in [1.165, 1.54) is 0 Å². The summed E-state index contributed by atoms with van der Waals surface area (Å²) in [5.74, 6) is 0.629. The molecule has 2 unspecified atom stereocenters. The van der Waals surface area contributed by atoms with E-state index in [2.05, 4.69) is 5.32 Å². The molecule has 1 aromatic rings. The maximum Gasteiger partial charge on any atom is 0.407 e. The molecule has 0 saturated heterocycles. The molecule has 22 heavy (non-hydrogen) atoms. The number of hydrogen-bond acceptors (Lipinski definition) is 5. The number of carbonyl (C=O) groups excluding carboxylic acids is 1. The average Bonchev–Trinajstić information content (AvgIpc) is 2.42. The Balaban J connectivity index is 2.62. The number of ether oxygens (including phenoxy) is 2. The molecule has 3 N–H and O–H groups in total. The fourth-order valence-electron chi connectivity index (χ4n) is 1.86. The van der Waals surface area contributed by atoms with E-state index >= 15 is 0 Å². The van der Waals surface area contributed by atoms with Gasteiger partial charge < -0.3 is 25.0 Å². The highest BCUT2D eigenvalue weighted by atomic mass is 16.6. The van der Waals surface area contributed by atoms with E-state index in [4.69, 9.17) is 9.47 Å². The summed E-state index contributed by atoms with van der Waals surface area (Å²) in [6.45, 7) is 7.01. The molecule has 0 aliphatic rings. The van der Waals surface area contributed by atoms with Crippen molar-refractivity contribution in [2.75, 3.05) is 13.7 Å². The van der Waals surface area contributed by atoms with Gasteiger partial charge in [0.25, 0.3) is 0 Å². The fourth-order valence-corrected chi connectivity index (χ4v) is 1.86. The Morgan fingerprint density at radius 3 is 2.50 bits per heavy atom. The van der Waals surface area contributed by atoms with Crippen LogP contribution < -0.4 is 10.1 Å².